The molecule has 15 heavy (non-hydrogen) atoms. The molecular weight excluding hydrogens is 206 g/mol. The Kier molecular flexibility index (Phi) is 6.02. The fourth-order valence-electron chi connectivity index (χ4n) is 2.36. The maximum atomic E-state index is 8.91. The minimum Gasteiger partial charge on any atom is -0.396 e. The summed E-state index contributed by atoms with van der Waals surface area (Å²) in [7, 11) is 2.07. The van der Waals surface area contributed by atoms with Gasteiger partial charge in [-0.1, -0.05) is 13.8 Å². The number of thioether (sulfide) groups is 1. The van der Waals surface area contributed by atoms with Crippen LogP contribution in [0.5, 0.6) is 0 Å². The Morgan fingerprint density at radius 2 is 2.20 bits per heavy atom. The van der Waals surface area contributed by atoms with Crippen LogP contribution in [0.3, 0.4) is 0 Å². The van der Waals surface area contributed by atoms with Crippen molar-refractivity contribution in [1.82, 2.24) is 5.32 Å². The maximum absolute atomic E-state index is 8.91. The number of aliphatic hydroxyl groups excluding tert-OH is 1. The molecule has 90 valence electrons. The van der Waals surface area contributed by atoms with E-state index in [4.69, 9.17) is 5.11 Å². The molecule has 0 radical (unpaired) electrons. The summed E-state index contributed by atoms with van der Waals surface area (Å²) in [6.07, 6.45) is 4.91. The lowest BCUT2D eigenvalue weighted by Crippen LogP contribution is -2.41. The number of aliphatic hydroxyl groups is 1. The molecule has 0 aromatic carbocycles. The van der Waals surface area contributed by atoms with Gasteiger partial charge in [0.15, 0.2) is 0 Å². The second kappa shape index (κ2) is 6.77. The van der Waals surface area contributed by atoms with Gasteiger partial charge in [0, 0.05) is 23.1 Å². The first-order valence-electron chi connectivity index (χ1n) is 6.11. The van der Waals surface area contributed by atoms with E-state index in [9.17, 15) is 0 Å². The first kappa shape index (κ1) is 13.3. The van der Waals surface area contributed by atoms with Crippen LogP contribution < -0.4 is 5.32 Å². The molecule has 2 N–H and O–H groups in total. The zero-order valence-corrected chi connectivity index (χ0v) is 11.0. The lowest BCUT2D eigenvalue weighted by Gasteiger charge is -2.35. The Labute approximate surface area is 98.2 Å². The normalized spacial score (nSPS) is 34.0. The first-order chi connectivity index (χ1) is 7.17. The molecule has 4 atom stereocenters. The summed E-state index contributed by atoms with van der Waals surface area (Å²) >= 11 is 2.06. The second-order valence-electron chi connectivity index (χ2n) is 4.81. The lowest BCUT2D eigenvalue weighted by molar-refractivity contribution is 0.288. The zero-order valence-electron chi connectivity index (χ0n) is 10.2. The van der Waals surface area contributed by atoms with Crippen molar-refractivity contribution in [1.29, 1.82) is 0 Å². The van der Waals surface area contributed by atoms with E-state index in [0.29, 0.717) is 17.9 Å². The van der Waals surface area contributed by atoms with Crippen LogP contribution in [0.15, 0.2) is 0 Å². The summed E-state index contributed by atoms with van der Waals surface area (Å²) in [5.41, 5.74) is 0. The van der Waals surface area contributed by atoms with E-state index in [0.717, 1.165) is 17.6 Å². The zero-order chi connectivity index (χ0) is 11.3. The van der Waals surface area contributed by atoms with Gasteiger partial charge in [-0.3, -0.25) is 0 Å². The highest BCUT2D eigenvalue weighted by Crippen LogP contribution is 2.34. The maximum Gasteiger partial charge on any atom is 0.0441 e. The third kappa shape index (κ3) is 4.33. The average Bonchev–Trinajstić information content (AvgIpc) is 2.18. The van der Waals surface area contributed by atoms with Crippen molar-refractivity contribution in [3.05, 3.63) is 0 Å². The number of rotatable bonds is 5. The van der Waals surface area contributed by atoms with Crippen LogP contribution in [0.4, 0.5) is 0 Å². The van der Waals surface area contributed by atoms with Gasteiger partial charge in [0.05, 0.1) is 0 Å². The third-order valence-electron chi connectivity index (χ3n) is 3.37. The highest BCUT2D eigenvalue weighted by atomic mass is 32.2. The minimum absolute atomic E-state index is 0.320. The van der Waals surface area contributed by atoms with Crippen LogP contribution in [0.2, 0.25) is 0 Å². The van der Waals surface area contributed by atoms with Gasteiger partial charge in [-0.25, -0.2) is 0 Å². The summed E-state index contributed by atoms with van der Waals surface area (Å²) < 4.78 is 0. The van der Waals surface area contributed by atoms with Gasteiger partial charge >= 0.3 is 0 Å². The highest BCUT2D eigenvalue weighted by molar-refractivity contribution is 8.00. The standard InChI is InChI=1S/C12H25NOS/c1-9-4-5-11(13-3)12(8-9)15-10(2)6-7-14/h9-14H,4-8H2,1-3H3. The van der Waals surface area contributed by atoms with Crippen LogP contribution in [-0.4, -0.2) is 35.3 Å². The molecule has 0 aromatic rings. The summed E-state index contributed by atoms with van der Waals surface area (Å²) in [6.45, 7) is 4.91. The smallest absolute Gasteiger partial charge is 0.0441 e. The van der Waals surface area contributed by atoms with Crippen LogP contribution in [0, 0.1) is 5.92 Å². The summed E-state index contributed by atoms with van der Waals surface area (Å²) in [4.78, 5) is 0. The molecule has 0 bridgehead atoms. The molecule has 0 aliphatic heterocycles. The highest BCUT2D eigenvalue weighted by Gasteiger charge is 2.28. The van der Waals surface area contributed by atoms with E-state index in [1.807, 2.05) is 0 Å². The van der Waals surface area contributed by atoms with Gasteiger partial charge in [-0.2, -0.15) is 11.8 Å². The van der Waals surface area contributed by atoms with Crippen LogP contribution in [-0.2, 0) is 0 Å². The fourth-order valence-corrected chi connectivity index (χ4v) is 4.10. The van der Waals surface area contributed by atoms with Crippen LogP contribution >= 0.6 is 11.8 Å². The fraction of sp³-hybridized carbons (Fsp3) is 1.00. The molecule has 4 unspecified atom stereocenters. The van der Waals surface area contributed by atoms with Crippen molar-refractivity contribution >= 4 is 11.8 Å². The SMILES string of the molecule is CNC1CCC(C)CC1SC(C)CCO. The summed E-state index contributed by atoms with van der Waals surface area (Å²) in [5, 5.41) is 13.7. The first-order valence-corrected chi connectivity index (χ1v) is 7.05. The van der Waals surface area contributed by atoms with Gasteiger partial charge in [-0.05, 0) is 38.6 Å². The predicted molar refractivity (Wildman–Crippen MR) is 68.4 cm³/mol. The van der Waals surface area contributed by atoms with Crippen LogP contribution in [0.1, 0.15) is 39.5 Å². The van der Waals surface area contributed by atoms with E-state index >= 15 is 0 Å². The topological polar surface area (TPSA) is 32.3 Å². The molecule has 1 aliphatic carbocycles. The van der Waals surface area contributed by atoms with Gasteiger partial charge in [-0.15, -0.1) is 0 Å². The largest absolute Gasteiger partial charge is 0.396 e. The molecular formula is C12H25NOS. The van der Waals surface area contributed by atoms with Crippen molar-refractivity contribution in [2.75, 3.05) is 13.7 Å². The monoisotopic (exact) mass is 231 g/mol. The Bertz CT molecular complexity index is 177. The molecule has 0 aromatic heterocycles. The van der Waals surface area contributed by atoms with Gasteiger partial charge in [0.2, 0.25) is 0 Å². The third-order valence-corrected chi connectivity index (χ3v) is 4.94. The van der Waals surface area contributed by atoms with Crippen molar-refractivity contribution < 1.29 is 5.11 Å². The molecule has 0 spiro atoms. The van der Waals surface area contributed by atoms with Crippen molar-refractivity contribution in [2.45, 2.75) is 56.1 Å². The Balaban J connectivity index is 2.40. The van der Waals surface area contributed by atoms with Gasteiger partial charge in [0.1, 0.15) is 0 Å². The molecule has 3 heteroatoms. The van der Waals surface area contributed by atoms with E-state index in [-0.39, 0.29) is 0 Å². The van der Waals surface area contributed by atoms with E-state index < -0.39 is 0 Å². The quantitative estimate of drug-likeness (QED) is 0.761. The summed E-state index contributed by atoms with van der Waals surface area (Å²) in [5.74, 6) is 0.869. The molecule has 0 heterocycles. The van der Waals surface area contributed by atoms with Crippen LogP contribution in [0.25, 0.3) is 0 Å². The summed E-state index contributed by atoms with van der Waals surface area (Å²) in [6, 6.07) is 0.673. The predicted octanol–water partition coefficient (Wildman–Crippen LogP) is 2.27. The molecule has 1 rings (SSSR count). The Morgan fingerprint density at radius 3 is 2.80 bits per heavy atom. The van der Waals surface area contributed by atoms with E-state index in [2.05, 4.69) is 38.0 Å². The van der Waals surface area contributed by atoms with Crippen molar-refractivity contribution in [2.24, 2.45) is 5.92 Å². The molecule has 1 saturated carbocycles. The second-order valence-corrected chi connectivity index (χ2v) is 6.49. The van der Waals surface area contributed by atoms with Crippen molar-refractivity contribution in [3.63, 3.8) is 0 Å². The molecule has 0 amide bonds. The van der Waals surface area contributed by atoms with E-state index in [1.165, 1.54) is 19.3 Å². The molecule has 1 fully saturated rings. The average molecular weight is 231 g/mol. The molecule has 0 saturated heterocycles. The van der Waals surface area contributed by atoms with Gasteiger partial charge in [0.25, 0.3) is 0 Å². The lowest BCUT2D eigenvalue weighted by atomic mass is 9.87. The number of nitrogens with one attached hydrogen (secondary N) is 1. The minimum atomic E-state index is 0.320. The van der Waals surface area contributed by atoms with Gasteiger partial charge < -0.3 is 10.4 Å². The number of hydrogen-bond donors (Lipinski definition) is 2. The van der Waals surface area contributed by atoms with E-state index in [1.54, 1.807) is 0 Å². The Morgan fingerprint density at radius 1 is 1.47 bits per heavy atom. The van der Waals surface area contributed by atoms with Crippen molar-refractivity contribution in [3.8, 4) is 0 Å². The molecule has 1 aliphatic rings. The Hall–Kier alpha value is 0.270. The number of hydrogen-bond acceptors (Lipinski definition) is 3. The molecule has 2 nitrogen and oxygen atoms in total.